The monoisotopic (exact) mass is 375 g/mol. The summed E-state index contributed by atoms with van der Waals surface area (Å²) in [6, 6.07) is 6.60. The first-order chi connectivity index (χ1) is 9.81. The number of sulfonamides is 1. The number of hydrogen-bond donors (Lipinski definition) is 1. The highest BCUT2D eigenvalue weighted by molar-refractivity contribution is 9.10. The third kappa shape index (κ3) is 3.84. The van der Waals surface area contributed by atoms with E-state index in [9.17, 15) is 18.3 Å². The summed E-state index contributed by atoms with van der Waals surface area (Å²) in [5.41, 5.74) is 0.697. The van der Waals surface area contributed by atoms with Crippen molar-refractivity contribution in [3.63, 3.8) is 0 Å². The number of benzene rings is 1. The third-order valence-corrected chi connectivity index (χ3v) is 6.32. The third-order valence-electron chi connectivity index (χ3n) is 3.87. The Hall–Kier alpha value is -0.920. The molecule has 2 atom stereocenters. The summed E-state index contributed by atoms with van der Waals surface area (Å²) in [5, 5.41) is 9.19. The molecule has 1 heterocycles. The second-order valence-corrected chi connectivity index (χ2v) is 8.16. The van der Waals surface area contributed by atoms with Gasteiger partial charge in [0.15, 0.2) is 0 Å². The number of piperidine rings is 1. The lowest BCUT2D eigenvalue weighted by molar-refractivity contribution is -0.144. The molecule has 21 heavy (non-hydrogen) atoms. The second kappa shape index (κ2) is 6.46. The van der Waals surface area contributed by atoms with Crippen LogP contribution in [0.4, 0.5) is 0 Å². The summed E-state index contributed by atoms with van der Waals surface area (Å²) in [4.78, 5) is 11.2. The molecule has 116 valence electrons. The van der Waals surface area contributed by atoms with Gasteiger partial charge in [0, 0.05) is 17.1 Å². The van der Waals surface area contributed by atoms with Gasteiger partial charge in [-0.05, 0) is 37.5 Å². The molecule has 7 heteroatoms. The molecular weight excluding hydrogens is 358 g/mol. The fourth-order valence-corrected chi connectivity index (χ4v) is 4.81. The summed E-state index contributed by atoms with van der Waals surface area (Å²) < 4.78 is 27.3. The molecule has 0 aromatic heterocycles. The molecule has 1 aliphatic heterocycles. The van der Waals surface area contributed by atoms with Crippen LogP contribution in [0, 0.1) is 5.92 Å². The minimum absolute atomic E-state index is 0.100. The smallest absolute Gasteiger partial charge is 0.308 e. The predicted octanol–water partition coefficient (Wildman–Crippen LogP) is 2.46. The van der Waals surface area contributed by atoms with Crippen molar-refractivity contribution in [1.29, 1.82) is 0 Å². The van der Waals surface area contributed by atoms with E-state index in [2.05, 4.69) is 15.9 Å². The fraction of sp³-hybridized carbons (Fsp3) is 0.500. The first-order valence-corrected chi connectivity index (χ1v) is 9.18. The van der Waals surface area contributed by atoms with E-state index in [1.165, 1.54) is 4.31 Å². The first-order valence-electron chi connectivity index (χ1n) is 6.78. The number of rotatable bonds is 4. The van der Waals surface area contributed by atoms with Gasteiger partial charge in [-0.3, -0.25) is 4.79 Å². The first kappa shape index (κ1) is 16.5. The maximum Gasteiger partial charge on any atom is 0.308 e. The highest BCUT2D eigenvalue weighted by atomic mass is 79.9. The van der Waals surface area contributed by atoms with Crippen LogP contribution in [0.2, 0.25) is 0 Å². The lowest BCUT2D eigenvalue weighted by atomic mass is 9.92. The lowest BCUT2D eigenvalue weighted by Gasteiger charge is -2.36. The van der Waals surface area contributed by atoms with Gasteiger partial charge >= 0.3 is 5.97 Å². The van der Waals surface area contributed by atoms with Gasteiger partial charge in [0.1, 0.15) is 0 Å². The zero-order chi connectivity index (χ0) is 15.6. The van der Waals surface area contributed by atoms with Crippen LogP contribution >= 0.6 is 15.9 Å². The maximum atomic E-state index is 12.5. The topological polar surface area (TPSA) is 74.7 Å². The number of aliphatic carboxylic acids is 1. The van der Waals surface area contributed by atoms with Crippen molar-refractivity contribution >= 4 is 31.9 Å². The molecule has 0 spiro atoms. The van der Waals surface area contributed by atoms with Crippen molar-refractivity contribution in [2.24, 2.45) is 5.92 Å². The van der Waals surface area contributed by atoms with E-state index in [0.717, 1.165) is 4.47 Å². The molecular formula is C14H18BrNO4S. The Kier molecular flexibility index (Phi) is 5.06. The van der Waals surface area contributed by atoms with Gasteiger partial charge in [0.05, 0.1) is 11.7 Å². The molecule has 1 aromatic rings. The Morgan fingerprint density at radius 1 is 1.38 bits per heavy atom. The molecule has 5 nitrogen and oxygen atoms in total. The van der Waals surface area contributed by atoms with Crippen LogP contribution < -0.4 is 0 Å². The zero-order valence-corrected chi connectivity index (χ0v) is 14.1. The maximum absolute atomic E-state index is 12.5. The van der Waals surface area contributed by atoms with Crippen LogP contribution in [0.3, 0.4) is 0 Å². The number of halogens is 1. The molecule has 1 N–H and O–H groups in total. The second-order valence-electron chi connectivity index (χ2n) is 5.32. The van der Waals surface area contributed by atoms with E-state index in [1.54, 1.807) is 31.2 Å². The van der Waals surface area contributed by atoms with Crippen LogP contribution in [-0.2, 0) is 20.6 Å². The Bertz CT molecular complexity index is 614. The number of nitrogens with zero attached hydrogens (tertiary/aromatic N) is 1. The van der Waals surface area contributed by atoms with Crippen molar-refractivity contribution in [2.75, 3.05) is 6.54 Å². The highest BCUT2D eigenvalue weighted by Gasteiger charge is 2.38. The van der Waals surface area contributed by atoms with Gasteiger partial charge < -0.3 is 5.11 Å². The molecule has 0 amide bonds. The largest absolute Gasteiger partial charge is 0.481 e. The van der Waals surface area contributed by atoms with Crippen molar-refractivity contribution in [3.05, 3.63) is 34.3 Å². The predicted molar refractivity (Wildman–Crippen MR) is 83.3 cm³/mol. The summed E-state index contributed by atoms with van der Waals surface area (Å²) >= 11 is 3.31. The van der Waals surface area contributed by atoms with Crippen molar-refractivity contribution in [1.82, 2.24) is 4.31 Å². The van der Waals surface area contributed by atoms with Crippen LogP contribution in [0.5, 0.6) is 0 Å². The van der Waals surface area contributed by atoms with E-state index in [1.807, 2.05) is 0 Å². The molecule has 0 unspecified atom stereocenters. The number of carboxylic acids is 1. The molecule has 0 aliphatic carbocycles. The van der Waals surface area contributed by atoms with Crippen molar-refractivity contribution < 1.29 is 18.3 Å². The Morgan fingerprint density at radius 2 is 2.00 bits per heavy atom. The Morgan fingerprint density at radius 3 is 2.57 bits per heavy atom. The molecule has 0 bridgehead atoms. The van der Waals surface area contributed by atoms with Gasteiger partial charge in [-0.2, -0.15) is 4.31 Å². The quantitative estimate of drug-likeness (QED) is 0.876. The van der Waals surface area contributed by atoms with Gasteiger partial charge in [-0.1, -0.05) is 28.1 Å². The van der Waals surface area contributed by atoms with Crippen molar-refractivity contribution in [2.45, 2.75) is 31.6 Å². The number of hydrogen-bond acceptors (Lipinski definition) is 3. The number of carbonyl (C=O) groups is 1. The van der Waals surface area contributed by atoms with E-state index in [0.29, 0.717) is 24.9 Å². The summed E-state index contributed by atoms with van der Waals surface area (Å²) in [6.45, 7) is 2.07. The molecule has 1 aromatic carbocycles. The minimum Gasteiger partial charge on any atom is -0.481 e. The van der Waals surface area contributed by atoms with Crippen LogP contribution in [0.15, 0.2) is 28.7 Å². The molecule has 0 radical (unpaired) electrons. The number of carboxylic acid groups (broad SMARTS) is 1. The average molecular weight is 376 g/mol. The summed E-state index contributed by atoms with van der Waals surface area (Å²) in [7, 11) is -3.51. The van der Waals surface area contributed by atoms with E-state index in [4.69, 9.17) is 0 Å². The standard InChI is InChI=1S/C14H18BrNO4S/c1-10-13(14(17)18)3-2-8-16(10)21(19,20)9-11-4-6-12(15)7-5-11/h4-7,10,13H,2-3,8-9H2,1H3,(H,17,18)/t10-,13-/m1/s1. The van der Waals surface area contributed by atoms with Gasteiger partial charge in [0.25, 0.3) is 0 Å². The van der Waals surface area contributed by atoms with Crippen LogP contribution in [0.1, 0.15) is 25.3 Å². The molecule has 1 fully saturated rings. The van der Waals surface area contributed by atoms with E-state index >= 15 is 0 Å². The molecule has 0 saturated carbocycles. The normalized spacial score (nSPS) is 23.9. The summed E-state index contributed by atoms with van der Waals surface area (Å²) in [5.74, 6) is -1.65. The zero-order valence-electron chi connectivity index (χ0n) is 11.7. The average Bonchev–Trinajstić information content (AvgIpc) is 2.41. The van der Waals surface area contributed by atoms with Crippen LogP contribution in [0.25, 0.3) is 0 Å². The summed E-state index contributed by atoms with van der Waals surface area (Å²) in [6.07, 6.45) is 1.11. The minimum atomic E-state index is -3.51. The van der Waals surface area contributed by atoms with Gasteiger partial charge in [-0.15, -0.1) is 0 Å². The highest BCUT2D eigenvalue weighted by Crippen LogP contribution is 2.27. The van der Waals surface area contributed by atoms with Crippen molar-refractivity contribution in [3.8, 4) is 0 Å². The Labute approximate surface area is 133 Å². The lowest BCUT2D eigenvalue weighted by Crippen LogP contribution is -2.49. The van der Waals surface area contributed by atoms with Gasteiger partial charge in [-0.25, -0.2) is 8.42 Å². The van der Waals surface area contributed by atoms with Gasteiger partial charge in [0.2, 0.25) is 10.0 Å². The van der Waals surface area contributed by atoms with E-state index < -0.39 is 28.0 Å². The van der Waals surface area contributed by atoms with E-state index in [-0.39, 0.29) is 5.75 Å². The molecule has 1 saturated heterocycles. The van der Waals surface area contributed by atoms with Crippen LogP contribution in [-0.4, -0.2) is 36.4 Å². The molecule has 1 aliphatic rings. The Balaban J connectivity index is 2.18. The fourth-order valence-electron chi connectivity index (χ4n) is 2.71. The SMILES string of the molecule is C[C@@H]1[C@H](C(=O)O)CCCN1S(=O)(=O)Cc1ccc(Br)cc1. The molecule has 2 rings (SSSR count).